The highest BCUT2D eigenvalue weighted by atomic mass is 16.5. The van der Waals surface area contributed by atoms with Gasteiger partial charge in [-0.05, 0) is 144 Å². The van der Waals surface area contributed by atoms with Crippen LogP contribution in [0, 0.1) is 0 Å². The summed E-state index contributed by atoms with van der Waals surface area (Å²) in [4.78, 5) is 0. The molecule has 8 nitrogen and oxygen atoms in total. The predicted molar refractivity (Wildman–Crippen MR) is 241 cm³/mol. The minimum atomic E-state index is -0.175. The molecule has 0 atom stereocenters. The number of anilines is 4. The summed E-state index contributed by atoms with van der Waals surface area (Å²) >= 11 is 0. The van der Waals surface area contributed by atoms with E-state index in [-0.39, 0.29) is 5.41 Å². The molecule has 0 aliphatic carbocycles. The third kappa shape index (κ3) is 10.7. The van der Waals surface area contributed by atoms with E-state index in [2.05, 4.69) is 38.1 Å². The van der Waals surface area contributed by atoms with Crippen LogP contribution < -0.4 is 41.9 Å². The first kappa shape index (κ1) is 39.4. The molecule has 8 aromatic rings. The topological polar surface area (TPSA) is 141 Å². The average molecular weight is 779 g/mol. The average Bonchev–Trinajstić information content (AvgIpc) is 3.24. The second-order valence-electron chi connectivity index (χ2n) is 14.4. The standard InChI is InChI=1S/C27H26N2O2.C24H20N2O2/c1-27(2,19-9-13-23(14-10-19)30-25-7-3-5-21(28)17-25)20-11-15-24(16-12-20)31-26-8-4-6-22(29)18-26;25-19-5-13-23(14-6-19)27-21-9-1-17(2-10-21)18-3-11-22(12-4-18)28-24-15-7-20(26)8-16-24/h3-18H,28-29H2,1-2H3;1-16H,25-26H2. The van der Waals surface area contributed by atoms with E-state index in [1.165, 1.54) is 11.1 Å². The normalized spacial score (nSPS) is 10.8. The van der Waals surface area contributed by atoms with Crippen LogP contribution in [-0.2, 0) is 5.41 Å². The second kappa shape index (κ2) is 18.0. The van der Waals surface area contributed by atoms with Crippen LogP contribution in [0.3, 0.4) is 0 Å². The molecule has 8 N–H and O–H groups in total. The summed E-state index contributed by atoms with van der Waals surface area (Å²) in [6.07, 6.45) is 0. The van der Waals surface area contributed by atoms with Crippen molar-refractivity contribution >= 4 is 22.7 Å². The third-order valence-electron chi connectivity index (χ3n) is 9.61. The summed E-state index contributed by atoms with van der Waals surface area (Å²) in [5, 5.41) is 0. The van der Waals surface area contributed by atoms with Crippen LogP contribution in [0.5, 0.6) is 46.0 Å². The maximum absolute atomic E-state index is 5.91. The summed E-state index contributed by atoms with van der Waals surface area (Å²) in [6.45, 7) is 4.41. The van der Waals surface area contributed by atoms with Crippen molar-refractivity contribution in [3.8, 4) is 57.1 Å². The molecule has 0 aliphatic heterocycles. The molecule has 0 saturated heterocycles. The van der Waals surface area contributed by atoms with Crippen molar-refractivity contribution in [2.24, 2.45) is 0 Å². The SMILES string of the molecule is CC(C)(c1ccc(Oc2cccc(N)c2)cc1)c1ccc(Oc2cccc(N)c2)cc1.Nc1ccc(Oc2ccc(-c3ccc(Oc4ccc(N)cc4)cc3)cc2)cc1. The van der Waals surface area contributed by atoms with Crippen molar-refractivity contribution in [3.05, 3.63) is 205 Å². The highest BCUT2D eigenvalue weighted by molar-refractivity contribution is 5.65. The molecule has 0 aliphatic rings. The molecule has 8 aromatic carbocycles. The van der Waals surface area contributed by atoms with Crippen LogP contribution in [0.15, 0.2) is 194 Å². The molecule has 294 valence electrons. The lowest BCUT2D eigenvalue weighted by Crippen LogP contribution is -2.18. The quantitative estimate of drug-likeness (QED) is 0.0951. The summed E-state index contributed by atoms with van der Waals surface area (Å²) in [5.74, 6) is 6.06. The fraction of sp³-hybridized carbons (Fsp3) is 0.0588. The third-order valence-corrected chi connectivity index (χ3v) is 9.61. The van der Waals surface area contributed by atoms with Crippen molar-refractivity contribution in [1.82, 2.24) is 0 Å². The first-order valence-corrected chi connectivity index (χ1v) is 19.1. The van der Waals surface area contributed by atoms with Crippen LogP contribution in [0.4, 0.5) is 22.7 Å². The molecule has 0 radical (unpaired) electrons. The summed E-state index contributed by atoms with van der Waals surface area (Å²) in [6, 6.07) is 61.7. The van der Waals surface area contributed by atoms with E-state index in [9.17, 15) is 0 Å². The van der Waals surface area contributed by atoms with E-state index in [0.29, 0.717) is 22.7 Å². The van der Waals surface area contributed by atoms with E-state index in [1.807, 2.05) is 170 Å². The first-order chi connectivity index (χ1) is 28.6. The summed E-state index contributed by atoms with van der Waals surface area (Å²) in [7, 11) is 0. The minimum Gasteiger partial charge on any atom is -0.457 e. The molecule has 0 amide bonds. The molecule has 8 rings (SSSR count). The van der Waals surface area contributed by atoms with Gasteiger partial charge in [-0.15, -0.1) is 0 Å². The zero-order valence-electron chi connectivity index (χ0n) is 32.9. The van der Waals surface area contributed by atoms with Crippen molar-refractivity contribution in [1.29, 1.82) is 0 Å². The molecular formula is C51H46N4O4. The molecule has 0 fully saturated rings. The molecule has 59 heavy (non-hydrogen) atoms. The van der Waals surface area contributed by atoms with E-state index < -0.39 is 0 Å². The number of hydrogen-bond donors (Lipinski definition) is 4. The first-order valence-electron chi connectivity index (χ1n) is 19.1. The Hall–Kier alpha value is -7.84. The van der Waals surface area contributed by atoms with Crippen molar-refractivity contribution in [3.63, 3.8) is 0 Å². The van der Waals surface area contributed by atoms with Gasteiger partial charge in [-0.25, -0.2) is 0 Å². The lowest BCUT2D eigenvalue weighted by molar-refractivity contribution is 0.481. The molecule has 0 heterocycles. The second-order valence-corrected chi connectivity index (χ2v) is 14.4. The zero-order chi connectivity index (χ0) is 41.2. The Balaban J connectivity index is 0.000000180. The highest BCUT2D eigenvalue weighted by Crippen LogP contribution is 2.35. The number of ether oxygens (including phenoxy) is 4. The van der Waals surface area contributed by atoms with Crippen molar-refractivity contribution < 1.29 is 18.9 Å². The maximum atomic E-state index is 5.91. The molecule has 8 heteroatoms. The van der Waals surface area contributed by atoms with E-state index >= 15 is 0 Å². The fourth-order valence-corrected chi connectivity index (χ4v) is 6.25. The van der Waals surface area contributed by atoms with Gasteiger partial charge in [-0.3, -0.25) is 0 Å². The van der Waals surface area contributed by atoms with Crippen molar-refractivity contribution in [2.75, 3.05) is 22.9 Å². The van der Waals surface area contributed by atoms with Crippen LogP contribution in [0.25, 0.3) is 11.1 Å². The summed E-state index contributed by atoms with van der Waals surface area (Å²) in [5.41, 5.74) is 30.2. The van der Waals surface area contributed by atoms with Gasteiger partial charge in [0, 0.05) is 40.3 Å². The van der Waals surface area contributed by atoms with Gasteiger partial charge >= 0.3 is 0 Å². The van der Waals surface area contributed by atoms with Gasteiger partial charge < -0.3 is 41.9 Å². The lowest BCUT2D eigenvalue weighted by atomic mass is 9.78. The van der Waals surface area contributed by atoms with Gasteiger partial charge in [-0.2, -0.15) is 0 Å². The van der Waals surface area contributed by atoms with Crippen LogP contribution in [0.2, 0.25) is 0 Å². The number of nitrogen functional groups attached to an aromatic ring is 4. The van der Waals surface area contributed by atoms with Gasteiger partial charge in [0.1, 0.15) is 46.0 Å². The van der Waals surface area contributed by atoms with Crippen LogP contribution in [0.1, 0.15) is 25.0 Å². The smallest absolute Gasteiger partial charge is 0.129 e. The lowest BCUT2D eigenvalue weighted by Gasteiger charge is -2.26. The molecule has 0 aromatic heterocycles. The Morgan fingerprint density at radius 3 is 0.864 bits per heavy atom. The Bertz CT molecular complexity index is 2390. The van der Waals surface area contributed by atoms with Crippen LogP contribution >= 0.6 is 0 Å². The zero-order valence-corrected chi connectivity index (χ0v) is 32.9. The Morgan fingerprint density at radius 1 is 0.288 bits per heavy atom. The number of nitrogens with two attached hydrogens (primary N) is 4. The van der Waals surface area contributed by atoms with E-state index in [0.717, 1.165) is 57.1 Å². The van der Waals surface area contributed by atoms with E-state index in [1.54, 1.807) is 0 Å². The Morgan fingerprint density at radius 2 is 0.559 bits per heavy atom. The Labute approximate surface area is 345 Å². The van der Waals surface area contributed by atoms with Gasteiger partial charge in [-0.1, -0.05) is 74.5 Å². The predicted octanol–water partition coefficient (Wildman–Crippen LogP) is 12.9. The number of hydrogen-bond acceptors (Lipinski definition) is 8. The van der Waals surface area contributed by atoms with Crippen LogP contribution in [-0.4, -0.2) is 0 Å². The van der Waals surface area contributed by atoms with E-state index in [4.69, 9.17) is 41.9 Å². The summed E-state index contributed by atoms with van der Waals surface area (Å²) < 4.78 is 23.5. The number of rotatable bonds is 11. The molecule has 0 bridgehead atoms. The van der Waals surface area contributed by atoms with Gasteiger partial charge in [0.05, 0.1) is 0 Å². The monoisotopic (exact) mass is 778 g/mol. The van der Waals surface area contributed by atoms with Gasteiger partial charge in [0.25, 0.3) is 0 Å². The molecule has 0 saturated carbocycles. The molecule has 0 spiro atoms. The fourth-order valence-electron chi connectivity index (χ4n) is 6.25. The number of benzene rings is 8. The highest BCUT2D eigenvalue weighted by Gasteiger charge is 2.23. The molecular weight excluding hydrogens is 733 g/mol. The Kier molecular flexibility index (Phi) is 12.0. The molecule has 0 unspecified atom stereocenters. The van der Waals surface area contributed by atoms with Gasteiger partial charge in [0.2, 0.25) is 0 Å². The minimum absolute atomic E-state index is 0.175. The largest absolute Gasteiger partial charge is 0.457 e. The van der Waals surface area contributed by atoms with Crippen molar-refractivity contribution in [2.45, 2.75) is 19.3 Å². The van der Waals surface area contributed by atoms with Gasteiger partial charge in [0.15, 0.2) is 0 Å². The maximum Gasteiger partial charge on any atom is 0.129 e.